The summed E-state index contributed by atoms with van der Waals surface area (Å²) in [4.78, 5) is 37.0. The Morgan fingerprint density at radius 1 is 0.508 bits per heavy atom. The molecule has 0 heterocycles. The summed E-state index contributed by atoms with van der Waals surface area (Å²) in [6.45, 7) is 4.44. The van der Waals surface area contributed by atoms with Crippen LogP contribution < -0.4 is 5.11 Å². The van der Waals surface area contributed by atoms with Gasteiger partial charge in [0, 0.05) is 12.8 Å². The summed E-state index contributed by atoms with van der Waals surface area (Å²) in [6.07, 6.45) is 54.2. The fourth-order valence-electron chi connectivity index (χ4n) is 5.44. The molecule has 0 spiro atoms. The van der Waals surface area contributed by atoms with Crippen LogP contribution in [0.3, 0.4) is 0 Å². The molecule has 0 aromatic carbocycles. The highest BCUT2D eigenvalue weighted by Gasteiger charge is 2.21. The van der Waals surface area contributed by atoms with Crippen LogP contribution in [0.15, 0.2) is 109 Å². The predicted molar refractivity (Wildman–Crippen MR) is 250 cm³/mol. The smallest absolute Gasteiger partial charge is 0.306 e. The molecule has 0 rings (SSSR count). The maximum Gasteiger partial charge on any atom is 0.306 e. The lowest BCUT2D eigenvalue weighted by molar-refractivity contribution is -0.870. The molecular weight excluding hydrogens is 767 g/mol. The van der Waals surface area contributed by atoms with E-state index in [0.29, 0.717) is 30.3 Å². The van der Waals surface area contributed by atoms with Gasteiger partial charge in [-0.15, -0.1) is 0 Å². The minimum atomic E-state index is -1.65. The number of aliphatic carboxylic acids is 1. The number of unbranched alkanes of at least 4 members (excludes halogenated alkanes) is 7. The first-order valence-electron chi connectivity index (χ1n) is 23.0. The second-order valence-corrected chi connectivity index (χ2v) is 16.0. The molecule has 2 unspecified atom stereocenters. The van der Waals surface area contributed by atoms with Gasteiger partial charge in [0.25, 0.3) is 0 Å². The maximum atomic E-state index is 12.7. The quantitative estimate of drug-likeness (QED) is 0.0197. The Hall–Kier alpha value is -4.05. The van der Waals surface area contributed by atoms with Gasteiger partial charge in [-0.05, 0) is 89.9 Å². The van der Waals surface area contributed by atoms with Gasteiger partial charge in [0.15, 0.2) is 12.4 Å². The lowest BCUT2D eigenvalue weighted by atomic mass is 10.1. The third kappa shape index (κ3) is 43.8. The number of hydrogen-bond donors (Lipinski definition) is 0. The number of esters is 2. The van der Waals surface area contributed by atoms with Crippen LogP contribution >= 0.6 is 0 Å². The second-order valence-electron chi connectivity index (χ2n) is 16.0. The standard InChI is InChI=1S/C52H83NO8/c1-6-8-10-12-14-16-18-20-21-22-23-24-25-26-27-28-29-31-33-35-37-39-41-43-50(55)61-48(47-60-52(51(56)57)58-45-44-53(3,4)5)46-59-49(54)42-40-38-36-34-32-30-19-17-15-13-11-9-7-2/h8,10-11,13-14,16-17,19-21,23-24,26-27,29,31,35,37,48,52H,6-7,9,12,15,18,22,25,28,30,32-34,36,38-47H2,1-5H3/b10-8-,13-11-,16-14-,19-17-,21-20-,24-23-,27-26-,31-29-,37-35-. The summed E-state index contributed by atoms with van der Waals surface area (Å²) in [5, 5.41) is 11.7. The highest BCUT2D eigenvalue weighted by atomic mass is 16.7. The number of likely N-dealkylation sites (N-methyl/N-ethyl adjacent to an activating group) is 1. The zero-order valence-corrected chi connectivity index (χ0v) is 38.7. The van der Waals surface area contributed by atoms with Crippen molar-refractivity contribution in [3.8, 4) is 0 Å². The number of hydrogen-bond acceptors (Lipinski definition) is 8. The van der Waals surface area contributed by atoms with Crippen molar-refractivity contribution in [3.63, 3.8) is 0 Å². The minimum absolute atomic E-state index is 0.128. The molecule has 0 aliphatic heterocycles. The van der Waals surface area contributed by atoms with Crippen LogP contribution in [-0.4, -0.2) is 82.3 Å². The number of allylic oxidation sites excluding steroid dienone is 18. The van der Waals surface area contributed by atoms with Crippen LogP contribution in [-0.2, 0) is 33.3 Å². The Labute approximate surface area is 371 Å². The summed E-state index contributed by atoms with van der Waals surface area (Å²) >= 11 is 0. The molecule has 0 amide bonds. The van der Waals surface area contributed by atoms with Crippen LogP contribution in [0.2, 0.25) is 0 Å². The SMILES string of the molecule is CC/C=C\C/C=C\C/C=C\C/C=C\C/C=C\C/C=C\C/C=C\CCCC(=O)OC(COC(=O)CCCCCCC/C=C\C/C=C\CCC)COC(OCC[N+](C)(C)C)C(=O)[O-]. The summed E-state index contributed by atoms with van der Waals surface area (Å²) < 4.78 is 22.4. The third-order valence-corrected chi connectivity index (χ3v) is 8.99. The van der Waals surface area contributed by atoms with E-state index < -0.39 is 30.3 Å². The van der Waals surface area contributed by atoms with Gasteiger partial charge in [-0.1, -0.05) is 149 Å². The molecule has 0 aromatic rings. The van der Waals surface area contributed by atoms with Crippen molar-refractivity contribution in [2.24, 2.45) is 0 Å². The average molecular weight is 850 g/mol. The first-order valence-corrected chi connectivity index (χ1v) is 23.0. The second kappa shape index (κ2) is 42.6. The fourth-order valence-corrected chi connectivity index (χ4v) is 5.44. The van der Waals surface area contributed by atoms with Crippen LogP contribution in [0.25, 0.3) is 0 Å². The molecule has 0 aromatic heterocycles. The van der Waals surface area contributed by atoms with Crippen LogP contribution in [0, 0.1) is 0 Å². The molecule has 0 aliphatic carbocycles. The van der Waals surface area contributed by atoms with Gasteiger partial charge in [0.2, 0.25) is 0 Å². The number of carboxylic acids is 1. The van der Waals surface area contributed by atoms with Crippen molar-refractivity contribution < 1.29 is 42.9 Å². The first kappa shape index (κ1) is 57.0. The van der Waals surface area contributed by atoms with Crippen molar-refractivity contribution in [3.05, 3.63) is 109 Å². The van der Waals surface area contributed by atoms with E-state index in [4.69, 9.17) is 18.9 Å². The Balaban J connectivity index is 4.56. The molecular formula is C52H83NO8. The lowest BCUT2D eigenvalue weighted by Crippen LogP contribution is -2.44. The highest BCUT2D eigenvalue weighted by Crippen LogP contribution is 2.11. The largest absolute Gasteiger partial charge is 0.545 e. The van der Waals surface area contributed by atoms with E-state index in [9.17, 15) is 19.5 Å². The molecule has 344 valence electrons. The van der Waals surface area contributed by atoms with Gasteiger partial charge in [-0.3, -0.25) is 9.59 Å². The van der Waals surface area contributed by atoms with Crippen molar-refractivity contribution in [1.82, 2.24) is 0 Å². The Bertz CT molecular complexity index is 1360. The van der Waals surface area contributed by atoms with Crippen LogP contribution in [0.1, 0.15) is 142 Å². The normalized spacial score (nSPS) is 13.9. The number of carbonyl (C=O) groups is 3. The molecule has 2 atom stereocenters. The summed E-state index contributed by atoms with van der Waals surface area (Å²) in [5.41, 5.74) is 0. The lowest BCUT2D eigenvalue weighted by Gasteiger charge is -2.26. The highest BCUT2D eigenvalue weighted by molar-refractivity contribution is 5.70. The van der Waals surface area contributed by atoms with E-state index in [-0.39, 0.29) is 32.7 Å². The van der Waals surface area contributed by atoms with E-state index in [1.165, 1.54) is 6.42 Å². The Kier molecular flexibility index (Phi) is 39.8. The number of nitrogens with zero attached hydrogens (tertiary/aromatic N) is 1. The zero-order valence-electron chi connectivity index (χ0n) is 38.7. The number of quaternary nitrogens is 1. The third-order valence-electron chi connectivity index (χ3n) is 8.99. The van der Waals surface area contributed by atoms with Crippen LogP contribution in [0.5, 0.6) is 0 Å². The minimum Gasteiger partial charge on any atom is -0.545 e. The fraction of sp³-hybridized carbons (Fsp3) is 0.596. The van der Waals surface area contributed by atoms with Crippen molar-refractivity contribution in [2.75, 3.05) is 47.5 Å². The molecule has 9 heteroatoms. The maximum absolute atomic E-state index is 12.7. The zero-order chi connectivity index (χ0) is 44.9. The van der Waals surface area contributed by atoms with Crippen LogP contribution in [0.4, 0.5) is 0 Å². The molecule has 0 bridgehead atoms. The van der Waals surface area contributed by atoms with Gasteiger partial charge in [-0.2, -0.15) is 0 Å². The van der Waals surface area contributed by atoms with E-state index >= 15 is 0 Å². The molecule has 0 saturated heterocycles. The monoisotopic (exact) mass is 850 g/mol. The molecule has 0 saturated carbocycles. The average Bonchev–Trinajstić information content (AvgIpc) is 3.22. The topological polar surface area (TPSA) is 111 Å². The molecule has 61 heavy (non-hydrogen) atoms. The molecule has 0 aliphatic rings. The Morgan fingerprint density at radius 3 is 1.44 bits per heavy atom. The van der Waals surface area contributed by atoms with Crippen molar-refractivity contribution in [2.45, 2.75) is 155 Å². The van der Waals surface area contributed by atoms with E-state index in [0.717, 1.165) is 89.9 Å². The molecule has 0 fully saturated rings. The summed E-state index contributed by atoms with van der Waals surface area (Å²) in [6, 6.07) is 0. The van der Waals surface area contributed by atoms with E-state index in [1.54, 1.807) is 0 Å². The van der Waals surface area contributed by atoms with Crippen molar-refractivity contribution >= 4 is 17.9 Å². The first-order chi connectivity index (χ1) is 29.6. The van der Waals surface area contributed by atoms with Gasteiger partial charge in [0.1, 0.15) is 13.2 Å². The molecule has 9 nitrogen and oxygen atoms in total. The Morgan fingerprint density at radius 2 is 0.951 bits per heavy atom. The number of carboxylic acid groups (broad SMARTS) is 1. The van der Waals surface area contributed by atoms with Gasteiger partial charge < -0.3 is 33.3 Å². The van der Waals surface area contributed by atoms with Gasteiger partial charge in [0.05, 0.1) is 40.3 Å². The van der Waals surface area contributed by atoms with Gasteiger partial charge >= 0.3 is 11.9 Å². The molecule has 0 radical (unpaired) electrons. The van der Waals surface area contributed by atoms with E-state index in [2.05, 4.69) is 117 Å². The summed E-state index contributed by atoms with van der Waals surface area (Å²) in [7, 11) is 5.87. The van der Waals surface area contributed by atoms with E-state index in [1.807, 2.05) is 27.2 Å². The molecule has 0 N–H and O–H groups in total. The number of rotatable bonds is 40. The predicted octanol–water partition coefficient (Wildman–Crippen LogP) is 11.1. The summed E-state index contributed by atoms with van der Waals surface area (Å²) in [5.74, 6) is -2.41. The van der Waals surface area contributed by atoms with Gasteiger partial charge in [-0.25, -0.2) is 0 Å². The number of ether oxygens (including phenoxy) is 4. The number of carbonyl (C=O) groups excluding carboxylic acids is 3. The van der Waals surface area contributed by atoms with Crippen molar-refractivity contribution in [1.29, 1.82) is 0 Å².